The van der Waals surface area contributed by atoms with Gasteiger partial charge in [-0.1, -0.05) is 36.4 Å². The van der Waals surface area contributed by atoms with E-state index < -0.39 is 7.26 Å². The molecule has 33 heavy (non-hydrogen) atoms. The maximum absolute atomic E-state index is 12.4. The van der Waals surface area contributed by atoms with E-state index in [-0.39, 0.29) is 5.91 Å². The molecule has 2 heterocycles. The molecule has 166 valence electrons. The van der Waals surface area contributed by atoms with Crippen LogP contribution in [0.3, 0.4) is 0 Å². The first kappa shape index (κ1) is 23.5. The largest absolute Gasteiger partial charge is 0.352 e. The summed E-state index contributed by atoms with van der Waals surface area (Å²) in [5, 5.41) is 7.05. The van der Waals surface area contributed by atoms with Crippen LogP contribution in [0.2, 0.25) is 0 Å². The summed E-state index contributed by atoms with van der Waals surface area (Å²) in [7, 11) is -1.87. The number of amides is 1. The number of carbonyl (C=O) groups excluding carboxylic acids is 1. The molecular weight excluding hydrogens is 536 g/mol. The molecule has 0 radical (unpaired) electrons. The van der Waals surface area contributed by atoms with Crippen LogP contribution < -0.4 is 21.2 Å². The van der Waals surface area contributed by atoms with Crippen molar-refractivity contribution in [3.63, 3.8) is 0 Å². The van der Waals surface area contributed by atoms with Gasteiger partial charge in [0.1, 0.15) is 26.9 Å². The van der Waals surface area contributed by atoms with Gasteiger partial charge in [0.2, 0.25) is 0 Å². The van der Waals surface area contributed by atoms with Crippen molar-refractivity contribution in [3.05, 3.63) is 113 Å². The van der Waals surface area contributed by atoms with Gasteiger partial charge in [-0.05, 0) is 84.0 Å². The van der Waals surface area contributed by atoms with Gasteiger partial charge in [-0.15, -0.1) is 0 Å². The minimum Gasteiger partial charge on any atom is -0.352 e. The summed E-state index contributed by atoms with van der Waals surface area (Å²) in [5.74, 6) is -0.0710. The molecule has 0 aliphatic heterocycles. The molecule has 0 saturated carbocycles. The van der Waals surface area contributed by atoms with Crippen LogP contribution in [-0.2, 0) is 0 Å². The standard InChI is InChI=1S/C27H25IN3OP/c28-26-16-15-22(20-31-26)27(32)30-18-7-8-19-33(23-10-3-1-4-11-23,24-12-5-2-6-13-24)25-14-9-17-29-21-25/h1-6,9-17,20-21H,7-8,18-19H2/p+1/i28-4. The monoisotopic (exact) mass is 562 g/mol. The van der Waals surface area contributed by atoms with Gasteiger partial charge in [0.15, 0.2) is 0 Å². The van der Waals surface area contributed by atoms with E-state index in [1.165, 1.54) is 15.9 Å². The third-order valence-electron chi connectivity index (χ3n) is 5.68. The van der Waals surface area contributed by atoms with E-state index in [2.05, 4.69) is 105 Å². The number of hydrogen-bond donors (Lipinski definition) is 1. The first-order valence-electron chi connectivity index (χ1n) is 11.0. The van der Waals surface area contributed by atoms with Gasteiger partial charge in [0.05, 0.1) is 17.9 Å². The number of nitrogens with one attached hydrogen (secondary N) is 1. The Labute approximate surface area is 209 Å². The highest BCUT2D eigenvalue weighted by Crippen LogP contribution is 2.55. The quantitative estimate of drug-likeness (QED) is 0.141. The minimum absolute atomic E-state index is 0.0710. The molecule has 0 atom stereocenters. The molecule has 2 aromatic carbocycles. The van der Waals surface area contributed by atoms with Crippen molar-refractivity contribution < 1.29 is 4.79 Å². The lowest BCUT2D eigenvalue weighted by Gasteiger charge is -2.27. The van der Waals surface area contributed by atoms with E-state index >= 15 is 0 Å². The van der Waals surface area contributed by atoms with Crippen molar-refractivity contribution in [1.29, 1.82) is 0 Å². The molecule has 4 nitrogen and oxygen atoms in total. The highest BCUT2D eigenvalue weighted by Gasteiger charge is 2.44. The third kappa shape index (κ3) is 5.66. The van der Waals surface area contributed by atoms with Crippen LogP contribution in [0, 0.1) is 3.70 Å². The number of benzene rings is 2. The SMILES string of the molecule is O=C(NCCCC[P+](c1ccccc1)(c1ccccc1)c1cccnc1)c1ccc([123I])nc1. The third-order valence-corrected chi connectivity index (χ3v) is 10.8. The van der Waals surface area contributed by atoms with E-state index in [1.54, 1.807) is 6.20 Å². The molecule has 4 aromatic rings. The van der Waals surface area contributed by atoms with Crippen molar-refractivity contribution in [1.82, 2.24) is 15.3 Å². The lowest BCUT2D eigenvalue weighted by Crippen LogP contribution is -2.34. The van der Waals surface area contributed by atoms with Crippen molar-refractivity contribution in [3.8, 4) is 0 Å². The number of rotatable bonds is 9. The van der Waals surface area contributed by atoms with Crippen molar-refractivity contribution in [2.75, 3.05) is 12.7 Å². The Morgan fingerprint density at radius 1 is 0.788 bits per heavy atom. The second-order valence-corrected chi connectivity index (χ2v) is 12.5. The maximum Gasteiger partial charge on any atom is 0.252 e. The van der Waals surface area contributed by atoms with Crippen LogP contribution in [0.25, 0.3) is 0 Å². The zero-order valence-corrected chi connectivity index (χ0v) is 21.3. The van der Waals surface area contributed by atoms with Crippen LogP contribution in [0.4, 0.5) is 0 Å². The highest BCUT2D eigenvalue weighted by molar-refractivity contribution is 14.1. The average Bonchev–Trinajstić information content (AvgIpc) is 2.88. The van der Waals surface area contributed by atoms with E-state index in [4.69, 9.17) is 0 Å². The molecule has 4 rings (SSSR count). The number of nitrogens with zero attached hydrogens (tertiary/aromatic N) is 2. The number of pyridine rings is 2. The minimum atomic E-state index is -1.87. The Morgan fingerprint density at radius 2 is 1.45 bits per heavy atom. The lowest BCUT2D eigenvalue weighted by atomic mass is 10.2. The smallest absolute Gasteiger partial charge is 0.252 e. The Kier molecular flexibility index (Phi) is 8.19. The van der Waals surface area contributed by atoms with E-state index in [0.717, 1.165) is 22.7 Å². The normalized spacial score (nSPS) is 11.2. The molecule has 2 aromatic heterocycles. The second-order valence-electron chi connectivity index (χ2n) is 7.75. The van der Waals surface area contributed by atoms with Crippen LogP contribution in [-0.4, -0.2) is 28.6 Å². The van der Waals surface area contributed by atoms with E-state index in [1.807, 2.05) is 30.6 Å². The second kappa shape index (κ2) is 11.5. The average molecular weight is 562 g/mol. The van der Waals surface area contributed by atoms with Gasteiger partial charge in [0, 0.05) is 18.9 Å². The Balaban J connectivity index is 1.53. The molecule has 0 aliphatic carbocycles. The predicted molar refractivity (Wildman–Crippen MR) is 146 cm³/mol. The topological polar surface area (TPSA) is 54.9 Å². The fraction of sp³-hybridized carbons (Fsp3) is 0.148. The number of halogens is 1. The molecule has 0 bridgehead atoms. The van der Waals surface area contributed by atoms with Gasteiger partial charge in [-0.2, -0.15) is 0 Å². The van der Waals surface area contributed by atoms with E-state index in [9.17, 15) is 4.79 Å². The van der Waals surface area contributed by atoms with Crippen LogP contribution in [0.5, 0.6) is 0 Å². The van der Waals surface area contributed by atoms with Crippen molar-refractivity contribution in [2.45, 2.75) is 12.8 Å². The summed E-state index contributed by atoms with van der Waals surface area (Å²) in [6, 6.07) is 29.5. The molecule has 0 fully saturated rings. The van der Waals surface area contributed by atoms with Gasteiger partial charge < -0.3 is 5.32 Å². The first-order chi connectivity index (χ1) is 16.2. The molecule has 1 amide bonds. The molecule has 0 aliphatic rings. The van der Waals surface area contributed by atoms with Gasteiger partial charge >= 0.3 is 0 Å². The van der Waals surface area contributed by atoms with Crippen LogP contribution >= 0.6 is 29.9 Å². The number of unbranched alkanes of at least 4 members (excludes halogenated alkanes) is 1. The first-order valence-corrected chi connectivity index (χ1v) is 14.0. The molecule has 0 unspecified atom stereocenters. The van der Waals surface area contributed by atoms with Crippen LogP contribution in [0.15, 0.2) is 104 Å². The van der Waals surface area contributed by atoms with Gasteiger partial charge in [0.25, 0.3) is 5.91 Å². The zero-order valence-electron chi connectivity index (χ0n) is 18.3. The number of aromatic nitrogens is 2. The maximum atomic E-state index is 12.4. The number of hydrogen-bond acceptors (Lipinski definition) is 3. The highest BCUT2D eigenvalue weighted by atomic mass is 123. The van der Waals surface area contributed by atoms with Gasteiger partial charge in [-0.25, -0.2) is 4.98 Å². The summed E-state index contributed by atoms with van der Waals surface area (Å²) in [6.07, 6.45) is 8.42. The Bertz CT molecular complexity index is 1060. The summed E-state index contributed by atoms with van der Waals surface area (Å²) in [6.45, 7) is 0.640. The molecule has 1 N–H and O–H groups in total. The van der Waals surface area contributed by atoms with Crippen molar-refractivity contribution in [2.24, 2.45) is 0 Å². The summed E-state index contributed by atoms with van der Waals surface area (Å²) < 4.78 is 0.877. The Hall–Kier alpha value is -2.63. The summed E-state index contributed by atoms with van der Waals surface area (Å²) >= 11 is 2.14. The van der Waals surface area contributed by atoms with E-state index in [0.29, 0.717) is 12.1 Å². The summed E-state index contributed by atoms with van der Waals surface area (Å²) in [5.41, 5.74) is 0.598. The number of carbonyl (C=O) groups is 1. The zero-order chi connectivity index (χ0) is 22.9. The Morgan fingerprint density at radius 3 is 2.03 bits per heavy atom. The predicted octanol–water partition coefficient (Wildman–Crippen LogP) is 4.59. The molecule has 0 spiro atoms. The molecule has 0 saturated heterocycles. The fourth-order valence-corrected chi connectivity index (χ4v) is 8.72. The lowest BCUT2D eigenvalue weighted by molar-refractivity contribution is 0.0953. The van der Waals surface area contributed by atoms with Gasteiger partial charge in [-0.3, -0.25) is 9.78 Å². The van der Waals surface area contributed by atoms with Crippen molar-refractivity contribution >= 4 is 51.7 Å². The fourth-order valence-electron chi connectivity index (χ4n) is 4.07. The van der Waals surface area contributed by atoms with Crippen LogP contribution in [0.1, 0.15) is 23.2 Å². The summed E-state index contributed by atoms with van der Waals surface area (Å²) in [4.78, 5) is 21.1. The molecular formula is C27H26IN3OP+. The molecule has 6 heteroatoms.